The first-order valence-electron chi connectivity index (χ1n) is 4.37. The standard InChI is InChI=1S/C8H8N2O5S2/c1-2-16(12,13)7-4-3-5-9-8(7)17(14,15)10-6-11/h3-5H,2H2,1H3. The molecule has 0 aliphatic rings. The zero-order valence-electron chi connectivity index (χ0n) is 8.69. The lowest BCUT2D eigenvalue weighted by atomic mass is 10.5. The van der Waals surface area contributed by atoms with Crippen LogP contribution in [-0.4, -0.2) is 33.7 Å². The number of pyridine rings is 1. The normalized spacial score (nSPS) is 11.8. The van der Waals surface area contributed by atoms with Gasteiger partial charge in [-0.2, -0.15) is 8.42 Å². The Balaban J connectivity index is 3.64. The Morgan fingerprint density at radius 2 is 2.00 bits per heavy atom. The number of rotatable bonds is 4. The molecule has 0 aliphatic heterocycles. The molecule has 0 radical (unpaired) electrons. The molecule has 0 amide bonds. The maximum Gasteiger partial charge on any atom is 0.311 e. The molecule has 0 saturated carbocycles. The van der Waals surface area contributed by atoms with E-state index in [1.165, 1.54) is 13.0 Å². The molecule has 17 heavy (non-hydrogen) atoms. The zero-order valence-corrected chi connectivity index (χ0v) is 10.3. The fourth-order valence-electron chi connectivity index (χ4n) is 1.05. The largest absolute Gasteiger partial charge is 0.311 e. The van der Waals surface area contributed by atoms with Crippen LogP contribution in [0.3, 0.4) is 0 Å². The van der Waals surface area contributed by atoms with Crippen molar-refractivity contribution in [3.63, 3.8) is 0 Å². The van der Waals surface area contributed by atoms with E-state index in [0.717, 1.165) is 18.3 Å². The summed E-state index contributed by atoms with van der Waals surface area (Å²) in [5.41, 5.74) is 0. The topological polar surface area (TPSA) is 111 Å². The Kier molecular flexibility index (Phi) is 3.76. The minimum absolute atomic E-state index is 0.286. The number of hydrogen-bond acceptors (Lipinski definition) is 6. The van der Waals surface area contributed by atoms with Crippen molar-refractivity contribution in [3.8, 4) is 0 Å². The number of aromatic nitrogens is 1. The summed E-state index contributed by atoms with van der Waals surface area (Å²) < 4.78 is 48.8. The summed E-state index contributed by atoms with van der Waals surface area (Å²) in [6.45, 7) is 1.36. The van der Waals surface area contributed by atoms with Gasteiger partial charge in [-0.05, 0) is 12.1 Å². The van der Waals surface area contributed by atoms with E-state index in [1.54, 1.807) is 0 Å². The van der Waals surface area contributed by atoms with Crippen LogP contribution in [0.2, 0.25) is 0 Å². The highest BCUT2D eigenvalue weighted by Crippen LogP contribution is 2.20. The van der Waals surface area contributed by atoms with Gasteiger partial charge in [0.05, 0.1) is 5.75 Å². The second kappa shape index (κ2) is 4.74. The average molecular weight is 276 g/mol. The van der Waals surface area contributed by atoms with Gasteiger partial charge in [-0.15, -0.1) is 0 Å². The molecule has 9 heteroatoms. The smallest absolute Gasteiger partial charge is 0.242 e. The maximum absolute atomic E-state index is 11.6. The summed E-state index contributed by atoms with van der Waals surface area (Å²) >= 11 is 0. The fourth-order valence-corrected chi connectivity index (χ4v) is 3.37. The van der Waals surface area contributed by atoms with Crippen molar-refractivity contribution in [2.24, 2.45) is 4.40 Å². The molecular formula is C8H8N2O5S2. The van der Waals surface area contributed by atoms with Gasteiger partial charge in [-0.3, -0.25) is 0 Å². The van der Waals surface area contributed by atoms with Crippen LogP contribution in [0.25, 0.3) is 0 Å². The van der Waals surface area contributed by atoms with E-state index in [9.17, 15) is 21.6 Å². The van der Waals surface area contributed by atoms with Crippen LogP contribution in [-0.2, 0) is 24.7 Å². The molecule has 1 heterocycles. The lowest BCUT2D eigenvalue weighted by molar-refractivity contribution is 0.561. The van der Waals surface area contributed by atoms with E-state index in [-0.39, 0.29) is 5.75 Å². The maximum atomic E-state index is 11.6. The van der Waals surface area contributed by atoms with Crippen molar-refractivity contribution in [1.29, 1.82) is 0 Å². The lowest BCUT2D eigenvalue weighted by Gasteiger charge is -2.04. The molecule has 7 nitrogen and oxygen atoms in total. The molecule has 0 bridgehead atoms. The van der Waals surface area contributed by atoms with Gasteiger partial charge in [0.15, 0.2) is 14.9 Å². The Hall–Kier alpha value is -1.57. The predicted octanol–water partition coefficient (Wildman–Crippen LogP) is -0.100. The molecule has 0 N–H and O–H groups in total. The van der Waals surface area contributed by atoms with Crippen molar-refractivity contribution in [2.45, 2.75) is 16.8 Å². The zero-order chi connectivity index (χ0) is 13.1. The van der Waals surface area contributed by atoms with Crippen LogP contribution < -0.4 is 0 Å². The van der Waals surface area contributed by atoms with Gasteiger partial charge in [-0.1, -0.05) is 11.3 Å². The molecule has 0 aliphatic carbocycles. The number of isocyanates is 1. The minimum atomic E-state index is -4.42. The quantitative estimate of drug-likeness (QED) is 0.561. The first-order chi connectivity index (χ1) is 7.85. The van der Waals surface area contributed by atoms with Crippen LogP contribution in [0.1, 0.15) is 6.92 Å². The monoisotopic (exact) mass is 276 g/mol. The first kappa shape index (κ1) is 13.5. The van der Waals surface area contributed by atoms with Gasteiger partial charge in [0.25, 0.3) is 6.08 Å². The number of carbonyl (C=O) groups excluding carboxylic acids is 1. The van der Waals surface area contributed by atoms with Crippen LogP contribution in [0.4, 0.5) is 0 Å². The molecule has 0 spiro atoms. The highest BCUT2D eigenvalue weighted by Gasteiger charge is 2.26. The van der Waals surface area contributed by atoms with Crippen LogP contribution in [0.5, 0.6) is 0 Å². The molecule has 1 rings (SSSR count). The first-order valence-corrected chi connectivity index (χ1v) is 7.46. The Morgan fingerprint density at radius 1 is 1.35 bits per heavy atom. The van der Waals surface area contributed by atoms with Crippen LogP contribution >= 0.6 is 0 Å². The fraction of sp³-hybridized carbons (Fsp3) is 0.250. The summed E-state index contributed by atoms with van der Waals surface area (Å²) in [7, 11) is -8.18. The van der Waals surface area contributed by atoms with Crippen LogP contribution in [0, 0.1) is 0 Å². The highest BCUT2D eigenvalue weighted by molar-refractivity contribution is 7.93. The average Bonchev–Trinajstić information content (AvgIpc) is 2.29. The second-order valence-electron chi connectivity index (χ2n) is 2.87. The summed E-state index contributed by atoms with van der Waals surface area (Å²) in [5, 5.41) is -0.759. The predicted molar refractivity (Wildman–Crippen MR) is 57.3 cm³/mol. The second-order valence-corrected chi connectivity index (χ2v) is 6.63. The van der Waals surface area contributed by atoms with Gasteiger partial charge in [0, 0.05) is 6.20 Å². The van der Waals surface area contributed by atoms with Gasteiger partial charge >= 0.3 is 10.0 Å². The van der Waals surface area contributed by atoms with Crippen molar-refractivity contribution in [2.75, 3.05) is 5.75 Å². The minimum Gasteiger partial charge on any atom is -0.242 e. The third kappa shape index (κ3) is 2.76. The molecule has 0 atom stereocenters. The van der Waals surface area contributed by atoms with Crippen molar-refractivity contribution < 1.29 is 21.6 Å². The van der Waals surface area contributed by atoms with Crippen LogP contribution in [0.15, 0.2) is 32.6 Å². The lowest BCUT2D eigenvalue weighted by Crippen LogP contribution is -2.11. The molecule has 0 saturated heterocycles. The molecule has 0 fully saturated rings. The van der Waals surface area contributed by atoms with Gasteiger partial charge < -0.3 is 0 Å². The van der Waals surface area contributed by atoms with E-state index >= 15 is 0 Å². The van der Waals surface area contributed by atoms with Gasteiger partial charge in [-0.25, -0.2) is 18.2 Å². The third-order valence-electron chi connectivity index (χ3n) is 1.85. The Morgan fingerprint density at radius 3 is 2.53 bits per heavy atom. The summed E-state index contributed by atoms with van der Waals surface area (Å²) in [6.07, 6.45) is 1.95. The van der Waals surface area contributed by atoms with Crippen molar-refractivity contribution >= 4 is 25.9 Å². The van der Waals surface area contributed by atoms with E-state index in [1.807, 2.05) is 0 Å². The summed E-state index contributed by atoms with van der Waals surface area (Å²) in [5.74, 6) is -0.286. The van der Waals surface area contributed by atoms with Crippen molar-refractivity contribution in [1.82, 2.24) is 4.98 Å². The number of sulfone groups is 1. The third-order valence-corrected chi connectivity index (χ3v) is 4.87. The SMILES string of the molecule is CCS(=O)(=O)c1cccnc1S(=O)(=O)N=C=O. The van der Waals surface area contributed by atoms with Crippen molar-refractivity contribution in [3.05, 3.63) is 18.3 Å². The Bertz CT molecular complexity index is 672. The van der Waals surface area contributed by atoms with Gasteiger partial charge in [0.1, 0.15) is 4.90 Å². The van der Waals surface area contributed by atoms with E-state index < -0.39 is 29.8 Å². The molecule has 1 aromatic heterocycles. The van der Waals surface area contributed by atoms with E-state index in [2.05, 4.69) is 9.38 Å². The molecule has 0 unspecified atom stereocenters. The van der Waals surface area contributed by atoms with Gasteiger partial charge in [0.2, 0.25) is 0 Å². The molecule has 0 aromatic carbocycles. The van der Waals surface area contributed by atoms with E-state index in [4.69, 9.17) is 0 Å². The summed E-state index contributed by atoms with van der Waals surface area (Å²) in [4.78, 5) is 12.9. The molecular weight excluding hydrogens is 268 g/mol. The van der Waals surface area contributed by atoms with E-state index in [0.29, 0.717) is 0 Å². The number of sulfonamides is 1. The Labute approximate surface area is 98.2 Å². The highest BCUT2D eigenvalue weighted by atomic mass is 32.2. The summed E-state index contributed by atoms with van der Waals surface area (Å²) in [6, 6.07) is 2.38. The number of hydrogen-bond donors (Lipinski definition) is 0. The number of nitrogens with zero attached hydrogens (tertiary/aromatic N) is 2. The molecule has 1 aromatic rings. The molecule has 92 valence electrons.